The van der Waals surface area contributed by atoms with Crippen LogP contribution in [0.5, 0.6) is 0 Å². The van der Waals surface area contributed by atoms with Gasteiger partial charge in [-0.2, -0.15) is 0 Å². The molecular weight excluding hydrogens is 256 g/mol. The predicted molar refractivity (Wildman–Crippen MR) is 76.9 cm³/mol. The van der Waals surface area contributed by atoms with Crippen LogP contribution < -0.4 is 10.6 Å². The molecule has 2 N–H and O–H groups in total. The lowest BCUT2D eigenvalue weighted by atomic mass is 10.1. The predicted octanol–water partition coefficient (Wildman–Crippen LogP) is 2.76. The molecule has 0 atom stereocenters. The summed E-state index contributed by atoms with van der Waals surface area (Å²) in [6.45, 7) is 6.49. The molecule has 6 heteroatoms. The third kappa shape index (κ3) is 3.34. The number of anilines is 2. The summed E-state index contributed by atoms with van der Waals surface area (Å²) in [7, 11) is 0. The summed E-state index contributed by atoms with van der Waals surface area (Å²) in [5, 5.41) is 13.3. The van der Waals surface area contributed by atoms with Crippen molar-refractivity contribution in [1.82, 2.24) is 10.2 Å². The molecule has 0 aliphatic heterocycles. The van der Waals surface area contributed by atoms with Crippen LogP contribution in [0.25, 0.3) is 0 Å². The first kappa shape index (κ1) is 14.0. The summed E-state index contributed by atoms with van der Waals surface area (Å²) in [5.41, 5.74) is 2.37. The number of benzene rings is 1. The Morgan fingerprint density at radius 3 is 2.75 bits per heavy atom. The van der Waals surface area contributed by atoms with Crippen LogP contribution in [0.15, 0.2) is 22.6 Å². The normalized spacial score (nSPS) is 10.3. The molecule has 0 bridgehead atoms. The van der Waals surface area contributed by atoms with E-state index in [4.69, 9.17) is 4.42 Å². The first-order chi connectivity index (χ1) is 9.60. The first-order valence-electron chi connectivity index (χ1n) is 6.56. The Morgan fingerprint density at radius 2 is 2.10 bits per heavy atom. The van der Waals surface area contributed by atoms with E-state index in [0.29, 0.717) is 11.5 Å². The van der Waals surface area contributed by atoms with Crippen molar-refractivity contribution < 1.29 is 9.21 Å². The van der Waals surface area contributed by atoms with Crippen molar-refractivity contribution >= 4 is 17.6 Å². The fourth-order valence-electron chi connectivity index (χ4n) is 1.77. The Bertz CT molecular complexity index is 607. The van der Waals surface area contributed by atoms with Gasteiger partial charge in [0.1, 0.15) is 0 Å². The number of carbonyl (C=O) groups is 1. The van der Waals surface area contributed by atoms with Gasteiger partial charge in [0.2, 0.25) is 5.89 Å². The molecule has 0 saturated heterocycles. The van der Waals surface area contributed by atoms with Crippen molar-refractivity contribution in [2.24, 2.45) is 0 Å². The van der Waals surface area contributed by atoms with Crippen LogP contribution in [0.4, 0.5) is 11.7 Å². The average molecular weight is 274 g/mol. The molecule has 0 fully saturated rings. The molecule has 0 radical (unpaired) electrons. The van der Waals surface area contributed by atoms with E-state index in [1.54, 1.807) is 6.92 Å². The Hall–Kier alpha value is -2.37. The van der Waals surface area contributed by atoms with Crippen LogP contribution >= 0.6 is 0 Å². The third-order valence-electron chi connectivity index (χ3n) is 2.73. The molecule has 0 aliphatic carbocycles. The van der Waals surface area contributed by atoms with Crippen LogP contribution in [0.2, 0.25) is 0 Å². The fourth-order valence-corrected chi connectivity index (χ4v) is 1.77. The summed E-state index contributed by atoms with van der Waals surface area (Å²) >= 11 is 0. The van der Waals surface area contributed by atoms with E-state index in [1.165, 1.54) is 0 Å². The standard InChI is InChI=1S/C14H18N4O2/c1-4-7-15-12-6-5-9(2)8-11(12)13(19)16-14-18-17-10(3)20-14/h5-6,8,15H,4,7H2,1-3H3,(H,16,18,19). The molecule has 0 spiro atoms. The fraction of sp³-hybridized carbons (Fsp3) is 0.357. The Balaban J connectivity index is 2.21. The van der Waals surface area contributed by atoms with Gasteiger partial charge in [-0.15, -0.1) is 5.10 Å². The maximum atomic E-state index is 12.3. The van der Waals surface area contributed by atoms with Gasteiger partial charge in [0.25, 0.3) is 5.91 Å². The number of rotatable bonds is 5. The van der Waals surface area contributed by atoms with Crippen LogP contribution in [0.3, 0.4) is 0 Å². The maximum absolute atomic E-state index is 12.3. The quantitative estimate of drug-likeness (QED) is 0.876. The largest absolute Gasteiger partial charge is 0.408 e. The average Bonchev–Trinajstić information content (AvgIpc) is 2.82. The van der Waals surface area contributed by atoms with E-state index < -0.39 is 0 Å². The van der Waals surface area contributed by atoms with Crippen molar-refractivity contribution in [3.8, 4) is 0 Å². The van der Waals surface area contributed by atoms with Gasteiger partial charge in [-0.1, -0.05) is 23.7 Å². The van der Waals surface area contributed by atoms with Crippen LogP contribution in [-0.4, -0.2) is 22.6 Å². The van der Waals surface area contributed by atoms with Crippen molar-refractivity contribution in [2.45, 2.75) is 27.2 Å². The zero-order valence-electron chi connectivity index (χ0n) is 11.9. The van der Waals surface area contributed by atoms with E-state index >= 15 is 0 Å². The highest BCUT2D eigenvalue weighted by Gasteiger charge is 2.14. The molecule has 6 nitrogen and oxygen atoms in total. The minimum absolute atomic E-state index is 0.107. The van der Waals surface area contributed by atoms with Crippen LogP contribution in [0.1, 0.15) is 35.2 Å². The molecule has 2 rings (SSSR count). The zero-order valence-corrected chi connectivity index (χ0v) is 11.9. The lowest BCUT2D eigenvalue weighted by Gasteiger charge is -2.11. The van der Waals surface area contributed by atoms with Gasteiger partial charge in [-0.25, -0.2) is 0 Å². The van der Waals surface area contributed by atoms with Gasteiger partial charge in [0.05, 0.1) is 5.56 Å². The highest BCUT2D eigenvalue weighted by molar-refractivity contribution is 6.07. The molecular formula is C14H18N4O2. The van der Waals surface area contributed by atoms with E-state index in [2.05, 4.69) is 27.8 Å². The molecule has 0 saturated carbocycles. The van der Waals surface area contributed by atoms with Gasteiger partial charge in [-0.05, 0) is 25.5 Å². The van der Waals surface area contributed by atoms with Crippen molar-refractivity contribution in [2.75, 3.05) is 17.2 Å². The van der Waals surface area contributed by atoms with Gasteiger partial charge < -0.3 is 9.73 Å². The molecule has 1 heterocycles. The number of aryl methyl sites for hydroxylation is 2. The van der Waals surface area contributed by atoms with Gasteiger partial charge in [0, 0.05) is 19.2 Å². The number of hydrogen-bond acceptors (Lipinski definition) is 5. The molecule has 0 aliphatic rings. The van der Waals surface area contributed by atoms with Crippen molar-refractivity contribution in [3.05, 3.63) is 35.2 Å². The molecule has 2 aromatic rings. The summed E-state index contributed by atoms with van der Waals surface area (Å²) < 4.78 is 5.15. The smallest absolute Gasteiger partial charge is 0.322 e. The molecule has 106 valence electrons. The number of nitrogens with one attached hydrogen (secondary N) is 2. The zero-order chi connectivity index (χ0) is 14.5. The Labute approximate surface area is 117 Å². The minimum atomic E-state index is -0.268. The Kier molecular flexibility index (Phi) is 4.34. The highest BCUT2D eigenvalue weighted by atomic mass is 16.4. The van der Waals surface area contributed by atoms with Crippen LogP contribution in [0, 0.1) is 13.8 Å². The SMILES string of the molecule is CCCNc1ccc(C)cc1C(=O)Nc1nnc(C)o1. The van der Waals surface area contributed by atoms with Gasteiger partial charge >= 0.3 is 6.01 Å². The minimum Gasteiger partial charge on any atom is -0.408 e. The molecule has 1 amide bonds. The van der Waals surface area contributed by atoms with E-state index in [0.717, 1.165) is 24.2 Å². The first-order valence-corrected chi connectivity index (χ1v) is 6.56. The number of hydrogen-bond donors (Lipinski definition) is 2. The van der Waals surface area contributed by atoms with Gasteiger partial charge in [0.15, 0.2) is 0 Å². The van der Waals surface area contributed by atoms with Gasteiger partial charge in [-0.3, -0.25) is 10.1 Å². The second-order valence-electron chi connectivity index (χ2n) is 4.56. The highest BCUT2D eigenvalue weighted by Crippen LogP contribution is 2.19. The molecule has 20 heavy (non-hydrogen) atoms. The second kappa shape index (κ2) is 6.18. The number of nitrogens with zero attached hydrogens (tertiary/aromatic N) is 2. The van der Waals surface area contributed by atoms with Crippen molar-refractivity contribution in [1.29, 1.82) is 0 Å². The second-order valence-corrected chi connectivity index (χ2v) is 4.56. The molecule has 0 unspecified atom stereocenters. The monoisotopic (exact) mass is 274 g/mol. The summed E-state index contributed by atoms with van der Waals surface area (Å²) in [6, 6.07) is 5.80. The Morgan fingerprint density at radius 1 is 1.30 bits per heavy atom. The lowest BCUT2D eigenvalue weighted by Crippen LogP contribution is -2.15. The molecule has 1 aromatic heterocycles. The summed E-state index contributed by atoms with van der Waals surface area (Å²) in [4.78, 5) is 12.3. The topological polar surface area (TPSA) is 80.0 Å². The van der Waals surface area contributed by atoms with Crippen LogP contribution in [-0.2, 0) is 0 Å². The third-order valence-corrected chi connectivity index (χ3v) is 2.73. The lowest BCUT2D eigenvalue weighted by molar-refractivity contribution is 0.102. The maximum Gasteiger partial charge on any atom is 0.322 e. The summed E-state index contributed by atoms with van der Waals surface area (Å²) in [5.74, 6) is 0.143. The van der Waals surface area contributed by atoms with E-state index in [1.807, 2.05) is 25.1 Å². The number of aromatic nitrogens is 2. The van der Waals surface area contributed by atoms with E-state index in [9.17, 15) is 4.79 Å². The van der Waals surface area contributed by atoms with Crippen molar-refractivity contribution in [3.63, 3.8) is 0 Å². The number of carbonyl (C=O) groups excluding carboxylic acids is 1. The molecule has 1 aromatic carbocycles. The summed E-state index contributed by atoms with van der Waals surface area (Å²) in [6.07, 6.45) is 0.984. The number of amides is 1. The van der Waals surface area contributed by atoms with E-state index in [-0.39, 0.29) is 11.9 Å².